The van der Waals surface area contributed by atoms with Crippen LogP contribution in [0.2, 0.25) is 0 Å². The van der Waals surface area contributed by atoms with Crippen LogP contribution in [0.15, 0.2) is 48.7 Å². The Hall–Kier alpha value is -1.87. The number of aliphatic hydroxyl groups is 1. The van der Waals surface area contributed by atoms with Crippen LogP contribution in [0.3, 0.4) is 0 Å². The highest BCUT2D eigenvalue weighted by molar-refractivity contribution is 5.56. The Kier molecular flexibility index (Phi) is 2.95. The largest absolute Gasteiger partial charge is 0.392 e. The average molecular weight is 200 g/mol. The van der Waals surface area contributed by atoms with E-state index in [1.807, 2.05) is 42.5 Å². The molecule has 0 spiro atoms. The number of nitrogens with one attached hydrogen (secondary N) is 1. The zero-order valence-corrected chi connectivity index (χ0v) is 8.22. The molecule has 0 aliphatic carbocycles. The smallest absolute Gasteiger partial charge is 0.130 e. The molecule has 0 saturated heterocycles. The Bertz CT molecular complexity index is 429. The average Bonchev–Trinajstić information content (AvgIpc) is 2.31. The van der Waals surface area contributed by atoms with Crippen molar-refractivity contribution in [2.24, 2.45) is 0 Å². The maximum Gasteiger partial charge on any atom is 0.130 e. The Labute approximate surface area is 88.4 Å². The summed E-state index contributed by atoms with van der Waals surface area (Å²) >= 11 is 0. The van der Waals surface area contributed by atoms with E-state index in [1.54, 1.807) is 6.20 Å². The number of hydrogen-bond acceptors (Lipinski definition) is 3. The van der Waals surface area contributed by atoms with Gasteiger partial charge in [-0.15, -0.1) is 0 Å². The summed E-state index contributed by atoms with van der Waals surface area (Å²) < 4.78 is 0. The molecule has 0 radical (unpaired) electrons. The zero-order valence-electron chi connectivity index (χ0n) is 8.22. The third kappa shape index (κ3) is 2.54. The Morgan fingerprint density at radius 3 is 2.80 bits per heavy atom. The minimum Gasteiger partial charge on any atom is -0.392 e. The standard InChI is InChI=1S/C12H12N2O/c15-9-10-4-3-5-11(8-10)14-12-6-1-2-7-13-12/h1-8,15H,9H2,(H,13,14). The predicted octanol–water partition coefficient (Wildman–Crippen LogP) is 2.32. The van der Waals surface area contributed by atoms with Crippen molar-refractivity contribution in [2.45, 2.75) is 6.61 Å². The molecule has 3 nitrogen and oxygen atoms in total. The molecule has 2 N–H and O–H groups in total. The number of aromatic nitrogens is 1. The SMILES string of the molecule is OCc1cccc(Nc2ccccn2)c1. The number of hydrogen-bond donors (Lipinski definition) is 2. The van der Waals surface area contributed by atoms with E-state index >= 15 is 0 Å². The first kappa shape index (κ1) is 9.68. The summed E-state index contributed by atoms with van der Waals surface area (Å²) in [7, 11) is 0. The van der Waals surface area contributed by atoms with Gasteiger partial charge in [0, 0.05) is 11.9 Å². The second-order valence-corrected chi connectivity index (χ2v) is 3.20. The summed E-state index contributed by atoms with van der Waals surface area (Å²) in [6.45, 7) is 0.0533. The summed E-state index contributed by atoms with van der Waals surface area (Å²) in [4.78, 5) is 4.16. The van der Waals surface area contributed by atoms with Gasteiger partial charge in [-0.1, -0.05) is 18.2 Å². The topological polar surface area (TPSA) is 45.1 Å². The second-order valence-electron chi connectivity index (χ2n) is 3.20. The Balaban J connectivity index is 2.17. The highest BCUT2D eigenvalue weighted by Crippen LogP contribution is 2.15. The monoisotopic (exact) mass is 200 g/mol. The summed E-state index contributed by atoms with van der Waals surface area (Å²) in [5.41, 5.74) is 1.82. The van der Waals surface area contributed by atoms with Gasteiger partial charge in [0.25, 0.3) is 0 Å². The number of aliphatic hydroxyl groups excluding tert-OH is 1. The van der Waals surface area contributed by atoms with E-state index in [0.29, 0.717) is 0 Å². The number of nitrogens with zero attached hydrogens (tertiary/aromatic N) is 1. The number of pyridine rings is 1. The van der Waals surface area contributed by atoms with Crippen LogP contribution in [0.1, 0.15) is 5.56 Å². The van der Waals surface area contributed by atoms with Crippen molar-refractivity contribution in [2.75, 3.05) is 5.32 Å². The fourth-order valence-electron chi connectivity index (χ4n) is 1.33. The molecule has 2 rings (SSSR count). The molecule has 0 aliphatic rings. The van der Waals surface area contributed by atoms with E-state index in [9.17, 15) is 0 Å². The van der Waals surface area contributed by atoms with Gasteiger partial charge in [-0.05, 0) is 29.8 Å². The summed E-state index contributed by atoms with van der Waals surface area (Å²) in [5.74, 6) is 0.799. The number of benzene rings is 1. The van der Waals surface area contributed by atoms with Crippen LogP contribution in [0.4, 0.5) is 11.5 Å². The van der Waals surface area contributed by atoms with Gasteiger partial charge in [0.2, 0.25) is 0 Å². The van der Waals surface area contributed by atoms with Crippen molar-refractivity contribution in [3.63, 3.8) is 0 Å². The highest BCUT2D eigenvalue weighted by Gasteiger charge is 1.95. The van der Waals surface area contributed by atoms with Gasteiger partial charge in [-0.3, -0.25) is 0 Å². The molecule has 0 fully saturated rings. The van der Waals surface area contributed by atoms with Gasteiger partial charge in [0.05, 0.1) is 6.61 Å². The molecule has 0 unspecified atom stereocenters. The zero-order chi connectivity index (χ0) is 10.5. The number of rotatable bonds is 3. The lowest BCUT2D eigenvalue weighted by atomic mass is 10.2. The van der Waals surface area contributed by atoms with Crippen LogP contribution in [0.25, 0.3) is 0 Å². The van der Waals surface area contributed by atoms with E-state index in [0.717, 1.165) is 17.1 Å². The lowest BCUT2D eigenvalue weighted by molar-refractivity contribution is 0.282. The van der Waals surface area contributed by atoms with Crippen LogP contribution in [-0.2, 0) is 6.61 Å². The first-order valence-electron chi connectivity index (χ1n) is 4.76. The van der Waals surface area contributed by atoms with Crippen molar-refractivity contribution in [3.8, 4) is 0 Å². The summed E-state index contributed by atoms with van der Waals surface area (Å²) in [5, 5.41) is 12.1. The first-order chi connectivity index (χ1) is 7.38. The van der Waals surface area contributed by atoms with Crippen LogP contribution < -0.4 is 5.32 Å². The van der Waals surface area contributed by atoms with Crippen LogP contribution in [-0.4, -0.2) is 10.1 Å². The van der Waals surface area contributed by atoms with Crippen LogP contribution >= 0.6 is 0 Å². The van der Waals surface area contributed by atoms with Crippen molar-refractivity contribution in [3.05, 3.63) is 54.2 Å². The molecule has 15 heavy (non-hydrogen) atoms. The van der Waals surface area contributed by atoms with E-state index in [4.69, 9.17) is 5.11 Å². The predicted molar refractivity (Wildman–Crippen MR) is 59.9 cm³/mol. The van der Waals surface area contributed by atoms with Gasteiger partial charge >= 0.3 is 0 Å². The normalized spacial score (nSPS) is 9.93. The molecule has 76 valence electrons. The van der Waals surface area contributed by atoms with Crippen molar-refractivity contribution in [1.82, 2.24) is 4.98 Å². The molecular weight excluding hydrogens is 188 g/mol. The molecule has 1 heterocycles. The van der Waals surface area contributed by atoms with E-state index < -0.39 is 0 Å². The summed E-state index contributed by atoms with van der Waals surface area (Å²) in [6.07, 6.45) is 1.73. The van der Waals surface area contributed by atoms with Gasteiger partial charge < -0.3 is 10.4 Å². The molecule has 0 saturated carbocycles. The van der Waals surface area contributed by atoms with Crippen molar-refractivity contribution >= 4 is 11.5 Å². The maximum atomic E-state index is 8.98. The fraction of sp³-hybridized carbons (Fsp3) is 0.0833. The van der Waals surface area contributed by atoms with Gasteiger partial charge in [-0.2, -0.15) is 0 Å². The van der Waals surface area contributed by atoms with Gasteiger partial charge in [0.1, 0.15) is 5.82 Å². The second kappa shape index (κ2) is 4.57. The minimum atomic E-state index is 0.0533. The number of anilines is 2. The Morgan fingerprint density at radius 2 is 2.07 bits per heavy atom. The third-order valence-electron chi connectivity index (χ3n) is 2.05. The van der Waals surface area contributed by atoms with E-state index in [1.165, 1.54) is 0 Å². The molecule has 0 amide bonds. The maximum absolute atomic E-state index is 8.98. The fourth-order valence-corrected chi connectivity index (χ4v) is 1.33. The van der Waals surface area contributed by atoms with Crippen LogP contribution in [0.5, 0.6) is 0 Å². The van der Waals surface area contributed by atoms with Crippen molar-refractivity contribution in [1.29, 1.82) is 0 Å². The van der Waals surface area contributed by atoms with Crippen LogP contribution in [0, 0.1) is 0 Å². The first-order valence-corrected chi connectivity index (χ1v) is 4.76. The molecule has 0 atom stereocenters. The molecular formula is C12H12N2O. The highest BCUT2D eigenvalue weighted by atomic mass is 16.3. The van der Waals surface area contributed by atoms with E-state index in [-0.39, 0.29) is 6.61 Å². The molecule has 1 aromatic carbocycles. The Morgan fingerprint density at radius 1 is 1.13 bits per heavy atom. The van der Waals surface area contributed by atoms with Gasteiger partial charge in [-0.25, -0.2) is 4.98 Å². The quantitative estimate of drug-likeness (QED) is 0.799. The summed E-state index contributed by atoms with van der Waals surface area (Å²) in [6, 6.07) is 13.3. The van der Waals surface area contributed by atoms with Gasteiger partial charge in [0.15, 0.2) is 0 Å². The van der Waals surface area contributed by atoms with E-state index in [2.05, 4.69) is 10.3 Å². The van der Waals surface area contributed by atoms with Crippen molar-refractivity contribution < 1.29 is 5.11 Å². The third-order valence-corrected chi connectivity index (χ3v) is 2.05. The lowest BCUT2D eigenvalue weighted by Gasteiger charge is -2.05. The molecule has 2 aromatic rings. The molecule has 1 aromatic heterocycles. The minimum absolute atomic E-state index is 0.0533. The molecule has 0 bridgehead atoms. The molecule has 0 aliphatic heterocycles. The lowest BCUT2D eigenvalue weighted by Crippen LogP contribution is -1.93. The molecule has 3 heteroatoms.